The van der Waals surface area contributed by atoms with Crippen LogP contribution < -0.4 is 0 Å². The molecule has 0 saturated heterocycles. The van der Waals surface area contributed by atoms with Gasteiger partial charge in [0.1, 0.15) is 6.10 Å². The molecule has 0 radical (unpaired) electrons. The Bertz CT molecular complexity index is 687. The molecule has 3 unspecified atom stereocenters. The van der Waals surface area contributed by atoms with Crippen molar-refractivity contribution in [3.8, 4) is 0 Å². The predicted molar refractivity (Wildman–Crippen MR) is 179 cm³/mol. The number of carbonyl (C=O) groups excluding carboxylic acids is 1. The fourth-order valence-corrected chi connectivity index (χ4v) is 6.56. The smallest absolute Gasteiger partial charge is 0.316 e. The number of carbonyl (C=O) groups is 2. The summed E-state index contributed by atoms with van der Waals surface area (Å²) >= 11 is 0. The fraction of sp³-hybridized carbons (Fsp3) is 0.895. The molecule has 1 aliphatic carbocycles. The number of carboxylic acids is 1. The van der Waals surface area contributed by atoms with Gasteiger partial charge in [-0.15, -0.1) is 0 Å². The Balaban J connectivity index is 2.33. The third-order valence-corrected chi connectivity index (χ3v) is 9.58. The van der Waals surface area contributed by atoms with E-state index in [-0.39, 0.29) is 12.1 Å². The van der Waals surface area contributed by atoms with E-state index in [1.54, 1.807) is 13.0 Å². The summed E-state index contributed by atoms with van der Waals surface area (Å²) < 4.78 is 6.11. The van der Waals surface area contributed by atoms with E-state index in [4.69, 9.17) is 4.74 Å². The van der Waals surface area contributed by atoms with Gasteiger partial charge in [0.15, 0.2) is 0 Å². The average Bonchev–Trinajstić information content (AvgIpc) is 2.98. The molecule has 0 aromatic heterocycles. The zero-order chi connectivity index (χ0) is 30.7. The minimum absolute atomic E-state index is 0.0920. The first kappa shape index (κ1) is 38.7. The lowest BCUT2D eigenvalue weighted by Crippen LogP contribution is -2.42. The highest BCUT2D eigenvalue weighted by Gasteiger charge is 2.46. The number of carboxylic acid groups (broad SMARTS) is 1. The highest BCUT2D eigenvalue weighted by atomic mass is 16.5. The number of hydrogen-bond donors (Lipinski definition) is 1. The van der Waals surface area contributed by atoms with E-state index in [0.717, 1.165) is 25.7 Å². The first-order chi connectivity index (χ1) is 20.5. The van der Waals surface area contributed by atoms with Crippen LogP contribution in [0.5, 0.6) is 0 Å². The monoisotopic (exact) mass is 591 g/mol. The Labute approximate surface area is 261 Å². The number of esters is 1. The summed E-state index contributed by atoms with van der Waals surface area (Å²) in [7, 11) is 0. The third kappa shape index (κ3) is 18.4. The van der Waals surface area contributed by atoms with Gasteiger partial charge in [0.2, 0.25) is 0 Å². The van der Waals surface area contributed by atoms with Gasteiger partial charge in [0.25, 0.3) is 0 Å². The summed E-state index contributed by atoms with van der Waals surface area (Å²) in [6.07, 6.45) is 38.3. The maximum atomic E-state index is 13.3. The van der Waals surface area contributed by atoms with Gasteiger partial charge in [0.05, 0.1) is 11.3 Å². The molecule has 42 heavy (non-hydrogen) atoms. The maximum absolute atomic E-state index is 13.3. The third-order valence-electron chi connectivity index (χ3n) is 9.58. The van der Waals surface area contributed by atoms with Crippen molar-refractivity contribution in [2.24, 2.45) is 11.3 Å². The van der Waals surface area contributed by atoms with E-state index in [0.29, 0.717) is 12.8 Å². The topological polar surface area (TPSA) is 63.6 Å². The SMILES string of the molecule is CCCCCCCCCCCCCCCCCC(CCCCCCCCCCC)OC(=O)C1(C)C=CCCC1C(=O)O. The molecule has 0 amide bonds. The maximum Gasteiger partial charge on any atom is 0.316 e. The van der Waals surface area contributed by atoms with Gasteiger partial charge in [-0.1, -0.05) is 167 Å². The van der Waals surface area contributed by atoms with Crippen molar-refractivity contribution in [3.63, 3.8) is 0 Å². The van der Waals surface area contributed by atoms with Crippen LogP contribution in [0.4, 0.5) is 0 Å². The van der Waals surface area contributed by atoms with Crippen LogP contribution >= 0.6 is 0 Å². The van der Waals surface area contributed by atoms with Crippen molar-refractivity contribution >= 4 is 11.9 Å². The quantitative estimate of drug-likeness (QED) is 0.0534. The molecule has 1 aliphatic rings. The van der Waals surface area contributed by atoms with Crippen LogP contribution in [0.15, 0.2) is 12.2 Å². The van der Waals surface area contributed by atoms with Gasteiger partial charge in [-0.05, 0) is 45.4 Å². The van der Waals surface area contributed by atoms with E-state index in [1.165, 1.54) is 141 Å². The van der Waals surface area contributed by atoms with Crippen LogP contribution in [0.25, 0.3) is 0 Å². The first-order valence-electron chi connectivity index (χ1n) is 18.6. The largest absolute Gasteiger partial charge is 0.481 e. The van der Waals surface area contributed by atoms with Crippen LogP contribution in [-0.4, -0.2) is 23.1 Å². The Hall–Kier alpha value is -1.32. The molecule has 0 fully saturated rings. The lowest BCUT2D eigenvalue weighted by molar-refractivity contribution is -0.168. The average molecular weight is 591 g/mol. The molecule has 0 spiro atoms. The molecule has 4 heteroatoms. The van der Waals surface area contributed by atoms with Crippen molar-refractivity contribution < 1.29 is 19.4 Å². The lowest BCUT2D eigenvalue weighted by atomic mass is 9.71. The number of ether oxygens (including phenoxy) is 1. The van der Waals surface area contributed by atoms with Gasteiger partial charge in [0, 0.05) is 0 Å². The zero-order valence-electron chi connectivity index (χ0n) is 28.3. The number of unbranched alkanes of at least 4 members (excludes halogenated alkanes) is 22. The van der Waals surface area contributed by atoms with Crippen LogP contribution in [0.2, 0.25) is 0 Å². The Morgan fingerprint density at radius 2 is 1.02 bits per heavy atom. The molecule has 0 saturated carbocycles. The van der Waals surface area contributed by atoms with E-state index < -0.39 is 17.3 Å². The molecule has 0 aliphatic heterocycles. The number of aliphatic carboxylic acids is 1. The standard InChI is InChI=1S/C38H70O4/c1-4-6-8-10-12-14-15-16-17-18-19-21-23-25-27-31-34(30-26-24-22-20-13-11-9-7-5-2)42-37(41)38(3)33-29-28-32-35(38)36(39)40/h29,33-35H,4-28,30-32H2,1-3H3,(H,39,40). The molecule has 0 aromatic rings. The second-order valence-electron chi connectivity index (χ2n) is 13.5. The first-order valence-corrected chi connectivity index (χ1v) is 18.6. The van der Waals surface area contributed by atoms with Gasteiger partial charge < -0.3 is 9.84 Å². The highest BCUT2D eigenvalue weighted by molar-refractivity contribution is 5.86. The van der Waals surface area contributed by atoms with Crippen molar-refractivity contribution in [3.05, 3.63) is 12.2 Å². The van der Waals surface area contributed by atoms with Crippen molar-refractivity contribution in [2.75, 3.05) is 0 Å². The molecule has 0 aromatic carbocycles. The van der Waals surface area contributed by atoms with Gasteiger partial charge >= 0.3 is 11.9 Å². The van der Waals surface area contributed by atoms with Crippen molar-refractivity contribution in [2.45, 2.75) is 207 Å². The molecular formula is C38H70O4. The second kappa shape index (κ2) is 26.1. The normalized spacial score (nSPS) is 19.2. The van der Waals surface area contributed by atoms with Gasteiger partial charge in [-0.25, -0.2) is 0 Å². The molecule has 3 atom stereocenters. The Kier molecular flexibility index (Phi) is 24.1. The Morgan fingerprint density at radius 1 is 0.667 bits per heavy atom. The van der Waals surface area contributed by atoms with Crippen LogP contribution in [0, 0.1) is 11.3 Å². The molecular weight excluding hydrogens is 520 g/mol. The molecule has 1 rings (SSSR count). The summed E-state index contributed by atoms with van der Waals surface area (Å²) in [6.45, 7) is 6.30. The number of hydrogen-bond acceptors (Lipinski definition) is 3. The minimum atomic E-state index is -1.06. The van der Waals surface area contributed by atoms with Gasteiger partial charge in [-0.2, -0.15) is 0 Å². The van der Waals surface area contributed by atoms with Crippen LogP contribution in [0.1, 0.15) is 201 Å². The fourth-order valence-electron chi connectivity index (χ4n) is 6.56. The van der Waals surface area contributed by atoms with Gasteiger partial charge in [-0.3, -0.25) is 9.59 Å². The summed E-state index contributed by atoms with van der Waals surface area (Å²) in [5.74, 6) is -1.93. The molecule has 0 bridgehead atoms. The Morgan fingerprint density at radius 3 is 1.38 bits per heavy atom. The van der Waals surface area contributed by atoms with Crippen LogP contribution in [0.3, 0.4) is 0 Å². The van der Waals surface area contributed by atoms with E-state index in [1.807, 2.05) is 6.08 Å². The van der Waals surface area contributed by atoms with E-state index in [2.05, 4.69) is 13.8 Å². The molecule has 246 valence electrons. The summed E-state index contributed by atoms with van der Waals surface area (Å²) in [5, 5.41) is 9.76. The summed E-state index contributed by atoms with van der Waals surface area (Å²) in [4.78, 5) is 25.2. The predicted octanol–water partition coefficient (Wildman–Crippen LogP) is 12.1. The van der Waals surface area contributed by atoms with Crippen LogP contribution in [-0.2, 0) is 14.3 Å². The zero-order valence-corrected chi connectivity index (χ0v) is 28.3. The molecule has 0 heterocycles. The van der Waals surface area contributed by atoms with Crippen molar-refractivity contribution in [1.82, 2.24) is 0 Å². The van der Waals surface area contributed by atoms with E-state index >= 15 is 0 Å². The summed E-state index contributed by atoms with van der Waals surface area (Å²) in [6, 6.07) is 0. The number of rotatable bonds is 29. The lowest BCUT2D eigenvalue weighted by Gasteiger charge is -2.34. The second-order valence-corrected chi connectivity index (χ2v) is 13.5. The van der Waals surface area contributed by atoms with E-state index in [9.17, 15) is 14.7 Å². The summed E-state index contributed by atoms with van der Waals surface area (Å²) in [5.41, 5.74) is -1.06. The van der Waals surface area contributed by atoms with Crippen molar-refractivity contribution in [1.29, 1.82) is 0 Å². The molecule has 4 nitrogen and oxygen atoms in total. The highest BCUT2D eigenvalue weighted by Crippen LogP contribution is 2.38. The minimum Gasteiger partial charge on any atom is -0.481 e. The number of allylic oxidation sites excluding steroid dienone is 1. The molecule has 1 N–H and O–H groups in total.